The van der Waals surface area contributed by atoms with Crippen LogP contribution in [-0.2, 0) is 7.05 Å². The number of aromatic nitrogens is 7. The standard InChI is InChI=1S/C22H21N7O/c1-14(2)28-11-9-17(25-28)16-13-29-19(18(16)15-7-5-4-6-8-15)22(30)24-20(26-29)21-23-10-12-27(21)3/h4-14H,1-3H3,(H,24,26,30). The molecule has 5 aromatic rings. The Kier molecular flexibility index (Phi) is 4.13. The van der Waals surface area contributed by atoms with Crippen molar-refractivity contribution in [1.29, 1.82) is 0 Å². The van der Waals surface area contributed by atoms with Crippen LogP contribution in [0.2, 0.25) is 0 Å². The van der Waals surface area contributed by atoms with Gasteiger partial charge in [0.1, 0.15) is 5.52 Å². The molecule has 0 aliphatic heterocycles. The summed E-state index contributed by atoms with van der Waals surface area (Å²) in [5.41, 5.74) is 3.65. The summed E-state index contributed by atoms with van der Waals surface area (Å²) in [6, 6.07) is 12.1. The third-order valence-electron chi connectivity index (χ3n) is 5.15. The number of H-pyrrole nitrogens is 1. The smallest absolute Gasteiger partial charge is 0.276 e. The van der Waals surface area contributed by atoms with Crippen molar-refractivity contribution in [3.63, 3.8) is 0 Å². The first kappa shape index (κ1) is 18.1. The summed E-state index contributed by atoms with van der Waals surface area (Å²) in [5, 5.41) is 9.38. The van der Waals surface area contributed by atoms with Crippen LogP contribution in [-0.4, -0.2) is 33.9 Å². The van der Waals surface area contributed by atoms with E-state index in [-0.39, 0.29) is 11.6 Å². The van der Waals surface area contributed by atoms with Crippen LogP contribution in [0.25, 0.3) is 39.5 Å². The van der Waals surface area contributed by atoms with Gasteiger partial charge in [-0.05, 0) is 25.5 Å². The Morgan fingerprint density at radius 3 is 2.50 bits per heavy atom. The Hall–Kier alpha value is -3.94. The van der Waals surface area contributed by atoms with E-state index in [2.05, 4.69) is 28.9 Å². The quantitative estimate of drug-likeness (QED) is 0.501. The molecule has 0 amide bonds. The molecule has 0 fully saturated rings. The fourth-order valence-corrected chi connectivity index (χ4v) is 3.64. The van der Waals surface area contributed by atoms with Gasteiger partial charge in [-0.3, -0.25) is 9.48 Å². The van der Waals surface area contributed by atoms with Gasteiger partial charge in [0.05, 0.1) is 5.69 Å². The first-order chi connectivity index (χ1) is 14.5. The molecule has 0 unspecified atom stereocenters. The zero-order valence-corrected chi connectivity index (χ0v) is 16.9. The second-order valence-electron chi connectivity index (χ2n) is 7.52. The number of benzene rings is 1. The summed E-state index contributed by atoms with van der Waals surface area (Å²) >= 11 is 0. The molecule has 4 heterocycles. The highest BCUT2D eigenvalue weighted by Gasteiger charge is 2.21. The number of hydrogen-bond donors (Lipinski definition) is 1. The minimum Gasteiger partial charge on any atom is -0.331 e. The Bertz CT molecular complexity index is 1400. The number of hydrogen-bond acceptors (Lipinski definition) is 4. The predicted molar refractivity (Wildman–Crippen MR) is 115 cm³/mol. The third kappa shape index (κ3) is 2.85. The second-order valence-corrected chi connectivity index (χ2v) is 7.52. The molecule has 0 radical (unpaired) electrons. The lowest BCUT2D eigenvalue weighted by molar-refractivity contribution is 0.534. The lowest BCUT2D eigenvalue weighted by atomic mass is 10.0. The lowest BCUT2D eigenvalue weighted by Crippen LogP contribution is -2.15. The third-order valence-corrected chi connectivity index (χ3v) is 5.15. The summed E-state index contributed by atoms with van der Waals surface area (Å²) in [5.74, 6) is 1.00. The highest BCUT2D eigenvalue weighted by atomic mass is 16.1. The Morgan fingerprint density at radius 1 is 1.03 bits per heavy atom. The second kappa shape index (κ2) is 6.84. The SMILES string of the molecule is CC(C)n1ccc(-c2cn3nc(-c4nccn4C)[nH]c(=O)c3c2-c2ccccc2)n1. The van der Waals surface area contributed by atoms with E-state index in [9.17, 15) is 4.79 Å². The maximum atomic E-state index is 13.2. The van der Waals surface area contributed by atoms with Gasteiger partial charge in [-0.2, -0.15) is 5.10 Å². The molecular weight excluding hydrogens is 378 g/mol. The zero-order chi connectivity index (χ0) is 20.8. The molecule has 5 rings (SSSR count). The fourth-order valence-electron chi connectivity index (χ4n) is 3.64. The Balaban J connectivity index is 1.81. The van der Waals surface area contributed by atoms with Crippen molar-refractivity contribution in [2.75, 3.05) is 0 Å². The van der Waals surface area contributed by atoms with Crippen LogP contribution in [0, 0.1) is 0 Å². The number of aromatic amines is 1. The molecule has 0 aliphatic carbocycles. The minimum atomic E-state index is -0.226. The maximum absolute atomic E-state index is 13.2. The summed E-state index contributed by atoms with van der Waals surface area (Å²) in [6.07, 6.45) is 7.31. The predicted octanol–water partition coefficient (Wildman–Crippen LogP) is 3.53. The number of nitrogens with one attached hydrogen (secondary N) is 1. The topological polar surface area (TPSA) is 85.8 Å². The number of aryl methyl sites for hydroxylation is 1. The molecule has 1 N–H and O–H groups in total. The molecule has 0 saturated carbocycles. The molecule has 0 atom stereocenters. The van der Waals surface area contributed by atoms with Crippen molar-refractivity contribution >= 4 is 5.52 Å². The molecule has 0 spiro atoms. The van der Waals surface area contributed by atoms with Crippen LogP contribution in [0.5, 0.6) is 0 Å². The molecular formula is C22H21N7O. The van der Waals surface area contributed by atoms with Crippen LogP contribution >= 0.6 is 0 Å². The van der Waals surface area contributed by atoms with Crippen LogP contribution in [0.1, 0.15) is 19.9 Å². The molecule has 0 bridgehead atoms. The highest BCUT2D eigenvalue weighted by molar-refractivity contribution is 5.93. The number of nitrogens with zero attached hydrogens (tertiary/aromatic N) is 6. The maximum Gasteiger partial charge on any atom is 0.276 e. The molecule has 30 heavy (non-hydrogen) atoms. The largest absolute Gasteiger partial charge is 0.331 e. The average Bonchev–Trinajstić information content (AvgIpc) is 3.46. The molecule has 0 aliphatic rings. The first-order valence-corrected chi connectivity index (χ1v) is 9.77. The van der Waals surface area contributed by atoms with Crippen molar-refractivity contribution < 1.29 is 0 Å². The monoisotopic (exact) mass is 399 g/mol. The van der Waals surface area contributed by atoms with Gasteiger partial charge < -0.3 is 9.55 Å². The molecule has 8 nitrogen and oxygen atoms in total. The summed E-state index contributed by atoms with van der Waals surface area (Å²) < 4.78 is 5.36. The molecule has 150 valence electrons. The van der Waals surface area contributed by atoms with Gasteiger partial charge in [-0.25, -0.2) is 9.50 Å². The van der Waals surface area contributed by atoms with Crippen molar-refractivity contribution in [2.45, 2.75) is 19.9 Å². The van der Waals surface area contributed by atoms with Gasteiger partial charge in [0.25, 0.3) is 5.56 Å². The molecule has 0 saturated heterocycles. The summed E-state index contributed by atoms with van der Waals surface area (Å²) in [7, 11) is 1.86. The van der Waals surface area contributed by atoms with Crippen LogP contribution < -0.4 is 5.56 Å². The van der Waals surface area contributed by atoms with Gasteiger partial charge in [0.15, 0.2) is 11.6 Å². The van der Waals surface area contributed by atoms with E-state index < -0.39 is 0 Å². The van der Waals surface area contributed by atoms with E-state index in [4.69, 9.17) is 5.10 Å². The zero-order valence-electron chi connectivity index (χ0n) is 16.9. The van der Waals surface area contributed by atoms with Crippen molar-refractivity contribution in [2.24, 2.45) is 7.05 Å². The van der Waals surface area contributed by atoms with Crippen LogP contribution in [0.15, 0.2) is 66.0 Å². The molecule has 4 aromatic heterocycles. The molecule has 1 aromatic carbocycles. The summed E-state index contributed by atoms with van der Waals surface area (Å²) in [4.78, 5) is 20.4. The Morgan fingerprint density at radius 2 is 1.83 bits per heavy atom. The van der Waals surface area contributed by atoms with E-state index >= 15 is 0 Å². The van der Waals surface area contributed by atoms with E-state index in [0.717, 1.165) is 22.4 Å². The van der Waals surface area contributed by atoms with Gasteiger partial charge in [-0.1, -0.05) is 30.3 Å². The van der Waals surface area contributed by atoms with E-state index in [0.29, 0.717) is 17.2 Å². The molecule has 8 heteroatoms. The van der Waals surface area contributed by atoms with E-state index in [1.165, 1.54) is 0 Å². The Labute approximate surface area is 172 Å². The highest BCUT2D eigenvalue weighted by Crippen LogP contribution is 2.35. The van der Waals surface area contributed by atoms with Gasteiger partial charge in [0.2, 0.25) is 0 Å². The normalized spacial score (nSPS) is 11.6. The number of fused-ring (bicyclic) bond motifs is 1. The van der Waals surface area contributed by atoms with Crippen LogP contribution in [0.3, 0.4) is 0 Å². The van der Waals surface area contributed by atoms with Gasteiger partial charge >= 0.3 is 0 Å². The number of imidazole rings is 1. The van der Waals surface area contributed by atoms with E-state index in [1.54, 1.807) is 10.7 Å². The van der Waals surface area contributed by atoms with Crippen LogP contribution in [0.4, 0.5) is 0 Å². The van der Waals surface area contributed by atoms with Gasteiger partial charge in [0, 0.05) is 49.0 Å². The lowest BCUT2D eigenvalue weighted by Gasteiger charge is -2.05. The summed E-state index contributed by atoms with van der Waals surface area (Å²) in [6.45, 7) is 4.16. The average molecular weight is 399 g/mol. The van der Waals surface area contributed by atoms with Gasteiger partial charge in [-0.15, -0.1) is 5.10 Å². The van der Waals surface area contributed by atoms with Crippen molar-refractivity contribution in [3.8, 4) is 34.0 Å². The first-order valence-electron chi connectivity index (χ1n) is 9.77. The number of rotatable bonds is 4. The van der Waals surface area contributed by atoms with E-state index in [1.807, 2.05) is 71.3 Å². The fraction of sp³-hybridized carbons (Fsp3) is 0.182. The van der Waals surface area contributed by atoms with Crippen molar-refractivity contribution in [1.82, 2.24) is 33.9 Å². The van der Waals surface area contributed by atoms with Crippen molar-refractivity contribution in [3.05, 3.63) is 71.5 Å². The minimum absolute atomic E-state index is 0.226.